The molecule has 0 bridgehead atoms. The molecule has 0 saturated heterocycles. The van der Waals surface area contributed by atoms with Crippen molar-refractivity contribution in [1.82, 2.24) is 25.3 Å². The Labute approximate surface area is 226 Å². The van der Waals surface area contributed by atoms with Crippen LogP contribution in [0.15, 0.2) is 59.5 Å². The SMILES string of the molecule is Nc1nc2ncc(CNc3ccc(C(=O)N[C@@H](CCC(=O)O)C(=O)O)c(C=Cc4ccccc4)c3)nc2c(=O)[nH]1. The highest BCUT2D eigenvalue weighted by molar-refractivity contribution is 6.01. The molecule has 2 aromatic carbocycles. The highest BCUT2D eigenvalue weighted by Crippen LogP contribution is 2.20. The fourth-order valence-electron chi connectivity index (χ4n) is 3.78. The number of hydrogen-bond donors (Lipinski definition) is 6. The highest BCUT2D eigenvalue weighted by atomic mass is 16.4. The molecule has 0 aliphatic carbocycles. The van der Waals surface area contributed by atoms with Gasteiger partial charge in [-0.05, 0) is 35.7 Å². The largest absolute Gasteiger partial charge is 0.481 e. The molecule has 0 fully saturated rings. The minimum absolute atomic E-state index is 0.0443. The summed E-state index contributed by atoms with van der Waals surface area (Å²) in [6, 6.07) is 12.9. The van der Waals surface area contributed by atoms with Gasteiger partial charge in [0.15, 0.2) is 11.2 Å². The predicted molar refractivity (Wildman–Crippen MR) is 147 cm³/mol. The molecule has 0 aliphatic rings. The van der Waals surface area contributed by atoms with Crippen molar-refractivity contribution < 1.29 is 24.6 Å². The number of aromatic nitrogens is 4. The second kappa shape index (κ2) is 12.3. The number of hydrogen-bond acceptors (Lipinski definition) is 9. The average Bonchev–Trinajstić information content (AvgIpc) is 2.93. The van der Waals surface area contributed by atoms with E-state index in [9.17, 15) is 24.3 Å². The Kier molecular flexibility index (Phi) is 8.44. The number of aromatic amines is 1. The van der Waals surface area contributed by atoms with E-state index in [0.29, 0.717) is 16.9 Å². The number of fused-ring (bicyclic) bond motifs is 1. The van der Waals surface area contributed by atoms with Crippen LogP contribution in [0, 0.1) is 0 Å². The summed E-state index contributed by atoms with van der Waals surface area (Å²) >= 11 is 0. The van der Waals surface area contributed by atoms with E-state index in [4.69, 9.17) is 10.8 Å². The second-order valence-corrected chi connectivity index (χ2v) is 8.68. The van der Waals surface area contributed by atoms with Crippen LogP contribution < -0.4 is 21.9 Å². The summed E-state index contributed by atoms with van der Waals surface area (Å²) in [7, 11) is 0. The number of carboxylic acids is 2. The zero-order chi connectivity index (χ0) is 28.6. The van der Waals surface area contributed by atoms with E-state index in [1.807, 2.05) is 30.3 Å². The monoisotopic (exact) mass is 543 g/mol. The first-order valence-electron chi connectivity index (χ1n) is 12.1. The zero-order valence-corrected chi connectivity index (χ0v) is 21.0. The number of nitrogen functional groups attached to an aromatic ring is 1. The third-order valence-electron chi connectivity index (χ3n) is 5.76. The molecule has 1 atom stereocenters. The molecular formula is C27H25N7O6. The molecule has 0 saturated carbocycles. The molecule has 0 spiro atoms. The summed E-state index contributed by atoms with van der Waals surface area (Å²) in [5.74, 6) is -3.22. The Balaban J connectivity index is 1.59. The van der Waals surface area contributed by atoms with Crippen LogP contribution in [0.5, 0.6) is 0 Å². The van der Waals surface area contributed by atoms with Crippen LogP contribution in [-0.4, -0.2) is 54.0 Å². The standard InChI is InChI=1S/C27H25N7O6/c28-27-33-23-22(25(38)34-27)31-18(14-30-23)13-29-17-8-9-19(16(12-17)7-6-15-4-2-1-3-5-15)24(37)32-20(26(39)40)10-11-21(35)36/h1-9,12,14,20,29H,10-11,13H2,(H,32,37)(H,35,36)(H,39,40)(H3,28,30,33,34,38)/t20-/m0/s1. The number of nitrogens with two attached hydrogens (primary N) is 1. The number of rotatable bonds is 11. The number of nitrogens with one attached hydrogen (secondary N) is 3. The molecule has 204 valence electrons. The fraction of sp³-hybridized carbons (Fsp3) is 0.148. The predicted octanol–water partition coefficient (Wildman–Crippen LogP) is 2.13. The topological polar surface area (TPSA) is 213 Å². The van der Waals surface area contributed by atoms with Gasteiger partial charge in [0, 0.05) is 17.7 Å². The van der Waals surface area contributed by atoms with Gasteiger partial charge in [-0.2, -0.15) is 4.98 Å². The van der Waals surface area contributed by atoms with Crippen molar-refractivity contribution in [3.8, 4) is 0 Å². The zero-order valence-electron chi connectivity index (χ0n) is 21.0. The van der Waals surface area contributed by atoms with Crippen molar-refractivity contribution in [1.29, 1.82) is 0 Å². The molecule has 2 heterocycles. The van der Waals surface area contributed by atoms with Crippen molar-refractivity contribution >= 4 is 52.8 Å². The fourth-order valence-corrected chi connectivity index (χ4v) is 3.78. The summed E-state index contributed by atoms with van der Waals surface area (Å²) in [5.41, 5.74) is 7.81. The van der Waals surface area contributed by atoms with E-state index < -0.39 is 35.9 Å². The minimum atomic E-state index is -1.37. The molecule has 13 nitrogen and oxygen atoms in total. The van der Waals surface area contributed by atoms with Crippen LogP contribution in [0.2, 0.25) is 0 Å². The number of H-pyrrole nitrogens is 1. The van der Waals surface area contributed by atoms with Crippen molar-refractivity contribution in [2.45, 2.75) is 25.4 Å². The van der Waals surface area contributed by atoms with Crippen molar-refractivity contribution in [2.24, 2.45) is 0 Å². The molecule has 7 N–H and O–H groups in total. The first kappa shape index (κ1) is 27.4. The lowest BCUT2D eigenvalue weighted by Gasteiger charge is -2.16. The summed E-state index contributed by atoms with van der Waals surface area (Å²) < 4.78 is 0. The number of carbonyl (C=O) groups excluding carboxylic acids is 1. The number of aliphatic carboxylic acids is 2. The molecule has 4 aromatic rings. The van der Waals surface area contributed by atoms with Gasteiger partial charge in [-0.25, -0.2) is 14.8 Å². The van der Waals surface area contributed by atoms with Crippen LogP contribution in [0.3, 0.4) is 0 Å². The maximum atomic E-state index is 13.1. The number of benzene rings is 2. The second-order valence-electron chi connectivity index (χ2n) is 8.68. The first-order valence-corrected chi connectivity index (χ1v) is 12.1. The van der Waals surface area contributed by atoms with E-state index in [0.717, 1.165) is 5.56 Å². The van der Waals surface area contributed by atoms with Gasteiger partial charge in [0.05, 0.1) is 18.4 Å². The minimum Gasteiger partial charge on any atom is -0.481 e. The number of anilines is 2. The van der Waals surface area contributed by atoms with E-state index in [-0.39, 0.29) is 35.6 Å². The Hall–Kier alpha value is -5.59. The lowest BCUT2D eigenvalue weighted by molar-refractivity contribution is -0.140. The van der Waals surface area contributed by atoms with Crippen molar-refractivity contribution in [3.63, 3.8) is 0 Å². The Morgan fingerprint density at radius 1 is 1.05 bits per heavy atom. The van der Waals surface area contributed by atoms with Crippen molar-refractivity contribution in [2.75, 3.05) is 11.1 Å². The molecule has 1 amide bonds. The average molecular weight is 544 g/mol. The summed E-state index contributed by atoms with van der Waals surface area (Å²) in [6.45, 7) is 0.191. The molecular weight excluding hydrogens is 518 g/mol. The quantitative estimate of drug-likeness (QED) is 0.151. The number of amides is 1. The Bertz CT molecular complexity index is 1650. The van der Waals surface area contributed by atoms with E-state index in [2.05, 4.69) is 30.6 Å². The molecule has 2 aromatic heterocycles. The lowest BCUT2D eigenvalue weighted by Crippen LogP contribution is -2.41. The van der Waals surface area contributed by atoms with E-state index in [1.54, 1.807) is 24.3 Å². The van der Waals surface area contributed by atoms with E-state index >= 15 is 0 Å². The number of carbonyl (C=O) groups is 3. The van der Waals surface area contributed by atoms with Crippen LogP contribution in [0.1, 0.15) is 40.0 Å². The van der Waals surface area contributed by atoms with Gasteiger partial charge in [-0.1, -0.05) is 42.5 Å². The summed E-state index contributed by atoms with van der Waals surface area (Å²) in [5, 5.41) is 23.9. The molecule has 0 radical (unpaired) electrons. The molecule has 40 heavy (non-hydrogen) atoms. The number of carboxylic acid groups (broad SMARTS) is 2. The summed E-state index contributed by atoms with van der Waals surface area (Å²) in [6.07, 6.45) is 4.31. The van der Waals surface area contributed by atoms with Gasteiger partial charge in [-0.15, -0.1) is 0 Å². The van der Waals surface area contributed by atoms with Gasteiger partial charge in [0.25, 0.3) is 11.5 Å². The van der Waals surface area contributed by atoms with Gasteiger partial charge in [0.1, 0.15) is 6.04 Å². The molecule has 0 unspecified atom stereocenters. The number of nitrogens with zero attached hydrogens (tertiary/aromatic N) is 3. The third-order valence-corrected chi connectivity index (χ3v) is 5.76. The molecule has 13 heteroatoms. The smallest absolute Gasteiger partial charge is 0.326 e. The van der Waals surface area contributed by atoms with Gasteiger partial charge < -0.3 is 26.6 Å². The lowest BCUT2D eigenvalue weighted by atomic mass is 10.0. The Morgan fingerprint density at radius 2 is 1.82 bits per heavy atom. The maximum absolute atomic E-state index is 13.1. The summed E-state index contributed by atoms with van der Waals surface area (Å²) in [4.78, 5) is 62.5. The molecule has 4 rings (SSSR count). The van der Waals surface area contributed by atoms with Crippen molar-refractivity contribution in [3.05, 3.63) is 87.5 Å². The normalized spacial score (nSPS) is 11.8. The van der Waals surface area contributed by atoms with Gasteiger partial charge in [-0.3, -0.25) is 19.4 Å². The van der Waals surface area contributed by atoms with Crippen LogP contribution in [0.4, 0.5) is 11.6 Å². The highest BCUT2D eigenvalue weighted by Gasteiger charge is 2.22. The Morgan fingerprint density at radius 3 is 2.55 bits per heavy atom. The third kappa shape index (κ3) is 7.04. The van der Waals surface area contributed by atoms with Crippen LogP contribution in [-0.2, 0) is 16.1 Å². The van der Waals surface area contributed by atoms with Gasteiger partial charge in [0.2, 0.25) is 5.95 Å². The van der Waals surface area contributed by atoms with E-state index in [1.165, 1.54) is 12.3 Å². The van der Waals surface area contributed by atoms with Gasteiger partial charge >= 0.3 is 11.9 Å². The molecule has 0 aliphatic heterocycles. The van der Waals surface area contributed by atoms with Crippen LogP contribution in [0.25, 0.3) is 23.3 Å². The van der Waals surface area contributed by atoms with Crippen LogP contribution >= 0.6 is 0 Å². The first-order chi connectivity index (χ1) is 19.2. The maximum Gasteiger partial charge on any atom is 0.326 e.